The summed E-state index contributed by atoms with van der Waals surface area (Å²) in [5.41, 5.74) is 0. The Labute approximate surface area is 66.3 Å². The summed E-state index contributed by atoms with van der Waals surface area (Å²) in [5.74, 6) is -0.00375. The molecule has 3 heteroatoms. The minimum Gasteiger partial charge on any atom is -0.463 e. The fourth-order valence-corrected chi connectivity index (χ4v) is 1.89. The molecule has 2 heterocycles. The molecule has 2 fully saturated rings. The number of hydrogen-bond donors (Lipinski definition) is 0. The maximum Gasteiger partial charge on any atom is 0.323 e. The Balaban J connectivity index is 2.05. The summed E-state index contributed by atoms with van der Waals surface area (Å²) in [6, 6.07) is 0.0949. The first-order chi connectivity index (χ1) is 5.38. The van der Waals surface area contributed by atoms with E-state index in [0.717, 1.165) is 19.5 Å². The van der Waals surface area contributed by atoms with Crippen LogP contribution in [0.4, 0.5) is 0 Å². The normalized spacial score (nSPS) is 32.7. The highest BCUT2D eigenvalue weighted by Crippen LogP contribution is 2.20. The van der Waals surface area contributed by atoms with Gasteiger partial charge in [-0.2, -0.15) is 0 Å². The van der Waals surface area contributed by atoms with E-state index in [1.807, 2.05) is 0 Å². The lowest BCUT2D eigenvalue weighted by Crippen LogP contribution is -2.50. The zero-order valence-electron chi connectivity index (χ0n) is 6.58. The van der Waals surface area contributed by atoms with Crippen molar-refractivity contribution >= 4 is 5.97 Å². The lowest BCUT2D eigenvalue weighted by atomic mass is 10.0. The van der Waals surface area contributed by atoms with E-state index in [1.165, 1.54) is 12.8 Å². The number of carbonyl (C=O) groups is 1. The number of fused-ring (bicyclic) bond motifs is 1. The molecule has 0 aliphatic carbocycles. The molecule has 62 valence electrons. The first kappa shape index (κ1) is 7.10. The van der Waals surface area contributed by atoms with Gasteiger partial charge in [-0.15, -0.1) is 0 Å². The molecule has 0 aromatic heterocycles. The van der Waals surface area contributed by atoms with E-state index in [2.05, 4.69) is 4.90 Å². The summed E-state index contributed by atoms with van der Waals surface area (Å²) in [4.78, 5) is 13.4. The van der Waals surface area contributed by atoms with Gasteiger partial charge >= 0.3 is 5.97 Å². The van der Waals surface area contributed by atoms with Gasteiger partial charge in [0.1, 0.15) is 12.6 Å². The van der Waals surface area contributed by atoms with Gasteiger partial charge in [-0.1, -0.05) is 6.42 Å². The summed E-state index contributed by atoms with van der Waals surface area (Å²) < 4.78 is 4.97. The second-order valence-electron chi connectivity index (χ2n) is 3.22. The monoisotopic (exact) mass is 155 g/mol. The maximum absolute atomic E-state index is 11.2. The van der Waals surface area contributed by atoms with Gasteiger partial charge in [-0.3, -0.25) is 9.69 Å². The Morgan fingerprint density at radius 3 is 3.09 bits per heavy atom. The number of carbonyl (C=O) groups excluding carboxylic acids is 1. The van der Waals surface area contributed by atoms with Crippen molar-refractivity contribution in [2.24, 2.45) is 0 Å². The number of morpholine rings is 1. The van der Waals surface area contributed by atoms with E-state index in [-0.39, 0.29) is 12.0 Å². The van der Waals surface area contributed by atoms with Gasteiger partial charge in [0.2, 0.25) is 0 Å². The van der Waals surface area contributed by atoms with Crippen molar-refractivity contribution in [3.8, 4) is 0 Å². The molecular formula is C8H13NO2. The largest absolute Gasteiger partial charge is 0.463 e. The highest BCUT2D eigenvalue weighted by atomic mass is 16.5. The smallest absolute Gasteiger partial charge is 0.323 e. The summed E-state index contributed by atoms with van der Waals surface area (Å²) >= 11 is 0. The van der Waals surface area contributed by atoms with Crippen LogP contribution in [0.1, 0.15) is 19.3 Å². The molecule has 2 saturated heterocycles. The highest BCUT2D eigenvalue weighted by Gasteiger charge is 2.32. The highest BCUT2D eigenvalue weighted by molar-refractivity contribution is 5.76. The van der Waals surface area contributed by atoms with E-state index in [0.29, 0.717) is 6.61 Å². The van der Waals surface area contributed by atoms with Gasteiger partial charge in [-0.25, -0.2) is 0 Å². The Hall–Kier alpha value is -0.570. The summed E-state index contributed by atoms with van der Waals surface area (Å²) in [6.07, 6.45) is 3.42. The lowest BCUT2D eigenvalue weighted by molar-refractivity contribution is -0.159. The molecule has 0 saturated carbocycles. The topological polar surface area (TPSA) is 29.5 Å². The molecule has 0 aromatic carbocycles. The summed E-state index contributed by atoms with van der Waals surface area (Å²) in [5, 5.41) is 0. The molecule has 0 unspecified atom stereocenters. The predicted molar refractivity (Wildman–Crippen MR) is 40.2 cm³/mol. The van der Waals surface area contributed by atoms with Gasteiger partial charge in [0.05, 0.1) is 0 Å². The number of nitrogens with zero attached hydrogens (tertiary/aromatic N) is 1. The van der Waals surface area contributed by atoms with E-state index >= 15 is 0 Å². The van der Waals surface area contributed by atoms with E-state index < -0.39 is 0 Å². The fourth-order valence-electron chi connectivity index (χ4n) is 1.89. The van der Waals surface area contributed by atoms with E-state index in [1.54, 1.807) is 0 Å². The van der Waals surface area contributed by atoms with E-state index in [9.17, 15) is 4.79 Å². The number of cyclic esters (lactones) is 1. The minimum atomic E-state index is -0.00375. The quantitative estimate of drug-likeness (QED) is 0.474. The van der Waals surface area contributed by atoms with Gasteiger partial charge < -0.3 is 4.74 Å². The Kier molecular flexibility index (Phi) is 1.82. The van der Waals surface area contributed by atoms with Crippen molar-refractivity contribution in [2.45, 2.75) is 25.3 Å². The van der Waals surface area contributed by atoms with Crippen LogP contribution in [-0.4, -0.2) is 36.6 Å². The molecule has 3 nitrogen and oxygen atoms in total. The van der Waals surface area contributed by atoms with Crippen LogP contribution in [0, 0.1) is 0 Å². The first-order valence-electron chi connectivity index (χ1n) is 4.28. The van der Waals surface area contributed by atoms with Gasteiger partial charge in [-0.05, 0) is 19.4 Å². The summed E-state index contributed by atoms with van der Waals surface area (Å²) in [6.45, 7) is 2.62. The van der Waals surface area contributed by atoms with Gasteiger partial charge in [0, 0.05) is 6.54 Å². The Bertz CT molecular complexity index is 167. The average molecular weight is 155 g/mol. The zero-order valence-corrected chi connectivity index (χ0v) is 6.58. The third kappa shape index (κ3) is 1.25. The number of rotatable bonds is 0. The van der Waals surface area contributed by atoms with Crippen LogP contribution in [0.25, 0.3) is 0 Å². The molecule has 0 aromatic rings. The summed E-state index contributed by atoms with van der Waals surface area (Å²) in [7, 11) is 0. The third-order valence-corrected chi connectivity index (χ3v) is 2.51. The molecule has 2 aliphatic heterocycles. The van der Waals surface area contributed by atoms with Crippen LogP contribution >= 0.6 is 0 Å². The van der Waals surface area contributed by atoms with Crippen molar-refractivity contribution in [3.63, 3.8) is 0 Å². The van der Waals surface area contributed by atoms with Crippen molar-refractivity contribution in [1.82, 2.24) is 4.90 Å². The Morgan fingerprint density at radius 1 is 1.36 bits per heavy atom. The van der Waals surface area contributed by atoms with Crippen molar-refractivity contribution in [2.75, 3.05) is 19.7 Å². The number of hydrogen-bond acceptors (Lipinski definition) is 3. The predicted octanol–water partition coefficient (Wildman–Crippen LogP) is 0.398. The standard InChI is InChI=1S/C8H13NO2/c10-8-7-3-1-2-4-9(7)5-6-11-8/h7H,1-6H2/t7-/m0/s1. The van der Waals surface area contributed by atoms with Gasteiger partial charge in [0.25, 0.3) is 0 Å². The SMILES string of the molecule is O=C1OCCN2CCCC[C@@H]12. The second-order valence-corrected chi connectivity index (χ2v) is 3.22. The molecule has 0 amide bonds. The first-order valence-corrected chi connectivity index (χ1v) is 4.28. The van der Waals surface area contributed by atoms with Crippen molar-refractivity contribution in [3.05, 3.63) is 0 Å². The molecule has 11 heavy (non-hydrogen) atoms. The molecule has 2 rings (SSSR count). The van der Waals surface area contributed by atoms with E-state index in [4.69, 9.17) is 4.74 Å². The van der Waals surface area contributed by atoms with Crippen LogP contribution in [0.5, 0.6) is 0 Å². The van der Waals surface area contributed by atoms with Gasteiger partial charge in [0.15, 0.2) is 0 Å². The molecular weight excluding hydrogens is 142 g/mol. The van der Waals surface area contributed by atoms with Crippen molar-refractivity contribution in [1.29, 1.82) is 0 Å². The minimum absolute atomic E-state index is 0.00375. The third-order valence-electron chi connectivity index (χ3n) is 2.51. The number of esters is 1. The van der Waals surface area contributed by atoms with Crippen LogP contribution in [0.2, 0.25) is 0 Å². The molecule has 2 aliphatic rings. The zero-order chi connectivity index (χ0) is 7.68. The molecule has 0 bridgehead atoms. The second kappa shape index (κ2) is 2.81. The van der Waals surface area contributed by atoms with Crippen molar-refractivity contribution < 1.29 is 9.53 Å². The lowest BCUT2D eigenvalue weighted by Gasteiger charge is -2.37. The Morgan fingerprint density at radius 2 is 2.27 bits per heavy atom. The van der Waals surface area contributed by atoms with Crippen LogP contribution in [0.3, 0.4) is 0 Å². The molecule has 0 radical (unpaired) electrons. The van der Waals surface area contributed by atoms with Crippen LogP contribution < -0.4 is 0 Å². The number of piperidine rings is 1. The molecule has 1 atom stereocenters. The average Bonchev–Trinajstić information content (AvgIpc) is 2.06. The molecule has 0 spiro atoms. The number of ether oxygens (including phenoxy) is 1. The fraction of sp³-hybridized carbons (Fsp3) is 0.875. The van der Waals surface area contributed by atoms with Crippen LogP contribution in [0.15, 0.2) is 0 Å². The maximum atomic E-state index is 11.2. The molecule has 0 N–H and O–H groups in total. The van der Waals surface area contributed by atoms with Crippen LogP contribution in [-0.2, 0) is 9.53 Å².